The largest absolute Gasteiger partial charge is 0.495 e. The van der Waals surface area contributed by atoms with Crippen molar-refractivity contribution in [3.63, 3.8) is 0 Å². The molecule has 1 atom stereocenters. The van der Waals surface area contributed by atoms with Crippen LogP contribution in [0.1, 0.15) is 6.42 Å². The van der Waals surface area contributed by atoms with Crippen molar-refractivity contribution in [2.24, 2.45) is 0 Å². The topological polar surface area (TPSA) is 24.5 Å². The number of hydrogen-bond donors (Lipinski definition) is 1. The number of methoxy groups -OCH3 is 1. The smallest absolute Gasteiger partial charge is 0.137 e. The third-order valence-electron chi connectivity index (χ3n) is 3.10. The van der Waals surface area contributed by atoms with Gasteiger partial charge >= 0.3 is 0 Å². The van der Waals surface area contributed by atoms with Crippen LogP contribution in [0.15, 0.2) is 18.2 Å². The summed E-state index contributed by atoms with van der Waals surface area (Å²) in [5, 5.41) is 3.98. The van der Waals surface area contributed by atoms with Crippen LogP contribution in [0.3, 0.4) is 0 Å². The molecule has 3 nitrogen and oxygen atoms in total. The highest BCUT2D eigenvalue weighted by Crippen LogP contribution is 2.30. The monoisotopic (exact) mass is 240 g/mol. The number of anilines is 1. The normalized spacial score (nSPS) is 20.2. The first-order valence-electron chi connectivity index (χ1n) is 5.50. The van der Waals surface area contributed by atoms with Crippen LogP contribution in [0.5, 0.6) is 5.75 Å². The van der Waals surface area contributed by atoms with Crippen LogP contribution in [0.25, 0.3) is 0 Å². The van der Waals surface area contributed by atoms with Crippen molar-refractivity contribution in [3.05, 3.63) is 23.2 Å². The molecule has 1 heterocycles. The maximum Gasteiger partial charge on any atom is 0.137 e. The molecule has 0 aliphatic carbocycles. The lowest BCUT2D eigenvalue weighted by Crippen LogP contribution is -2.29. The van der Waals surface area contributed by atoms with Gasteiger partial charge in [-0.05, 0) is 31.7 Å². The van der Waals surface area contributed by atoms with Crippen molar-refractivity contribution in [2.45, 2.75) is 12.5 Å². The molecular weight excluding hydrogens is 224 g/mol. The first-order valence-corrected chi connectivity index (χ1v) is 5.88. The fraction of sp³-hybridized carbons (Fsp3) is 0.500. The Labute approximate surface area is 101 Å². The molecule has 0 aromatic heterocycles. The third kappa shape index (κ3) is 2.25. The van der Waals surface area contributed by atoms with Gasteiger partial charge in [-0.2, -0.15) is 0 Å². The minimum absolute atomic E-state index is 0.584. The van der Waals surface area contributed by atoms with E-state index in [1.165, 1.54) is 12.1 Å². The second-order valence-corrected chi connectivity index (χ2v) is 4.45. The maximum atomic E-state index is 6.11. The molecule has 1 unspecified atom stereocenters. The van der Waals surface area contributed by atoms with Crippen molar-refractivity contribution in [1.29, 1.82) is 0 Å². The fourth-order valence-electron chi connectivity index (χ4n) is 2.08. The Morgan fingerprint density at radius 3 is 2.88 bits per heavy atom. The fourth-order valence-corrected chi connectivity index (χ4v) is 2.33. The summed E-state index contributed by atoms with van der Waals surface area (Å²) >= 11 is 6.11. The molecule has 88 valence electrons. The Balaban J connectivity index is 2.13. The minimum atomic E-state index is 0.584. The summed E-state index contributed by atoms with van der Waals surface area (Å²) in [6.45, 7) is 2.12. The van der Waals surface area contributed by atoms with Crippen molar-refractivity contribution in [2.75, 3.05) is 32.1 Å². The lowest BCUT2D eigenvalue weighted by molar-refractivity contribution is 0.415. The van der Waals surface area contributed by atoms with E-state index in [1.54, 1.807) is 7.11 Å². The third-order valence-corrected chi connectivity index (χ3v) is 3.39. The molecule has 1 fully saturated rings. The molecule has 1 aromatic carbocycles. The predicted octanol–water partition coefficient (Wildman–Crippen LogP) is 2.15. The summed E-state index contributed by atoms with van der Waals surface area (Å²) in [5.74, 6) is 0.731. The molecule has 2 rings (SSSR count). The van der Waals surface area contributed by atoms with E-state index in [0.717, 1.165) is 18.8 Å². The molecule has 1 aromatic rings. The molecule has 1 aliphatic rings. The Morgan fingerprint density at radius 1 is 1.50 bits per heavy atom. The van der Waals surface area contributed by atoms with Crippen LogP contribution in [0.2, 0.25) is 5.02 Å². The van der Waals surface area contributed by atoms with Crippen molar-refractivity contribution < 1.29 is 4.74 Å². The van der Waals surface area contributed by atoms with Gasteiger partial charge in [-0.15, -0.1) is 0 Å². The average Bonchev–Trinajstić information content (AvgIpc) is 2.77. The molecule has 0 bridgehead atoms. The van der Waals surface area contributed by atoms with E-state index in [4.69, 9.17) is 16.3 Å². The summed E-state index contributed by atoms with van der Waals surface area (Å²) < 4.78 is 5.14. The Bertz CT molecular complexity index is 370. The molecule has 0 saturated carbocycles. The number of hydrogen-bond acceptors (Lipinski definition) is 3. The van der Waals surface area contributed by atoms with E-state index >= 15 is 0 Å². The number of nitrogens with one attached hydrogen (secondary N) is 1. The Kier molecular flexibility index (Phi) is 3.56. The highest BCUT2D eigenvalue weighted by atomic mass is 35.5. The van der Waals surface area contributed by atoms with Gasteiger partial charge in [-0.3, -0.25) is 0 Å². The standard InChI is InChI=1S/C12H17ClN2O/c1-14-9-5-6-15(8-9)10-3-4-12(16-2)11(13)7-10/h3-4,7,9,14H,5-6,8H2,1-2H3. The van der Waals surface area contributed by atoms with Crippen LogP contribution in [0.4, 0.5) is 5.69 Å². The Morgan fingerprint density at radius 2 is 2.31 bits per heavy atom. The van der Waals surface area contributed by atoms with Gasteiger partial charge in [0.15, 0.2) is 0 Å². The number of nitrogens with zero attached hydrogens (tertiary/aromatic N) is 1. The van der Waals surface area contributed by atoms with Gasteiger partial charge in [0.05, 0.1) is 12.1 Å². The van der Waals surface area contributed by atoms with E-state index < -0.39 is 0 Å². The number of rotatable bonds is 3. The van der Waals surface area contributed by atoms with Crippen molar-refractivity contribution in [1.82, 2.24) is 5.32 Å². The Hall–Kier alpha value is -0.930. The second kappa shape index (κ2) is 4.93. The molecule has 0 amide bonds. The highest BCUT2D eigenvalue weighted by molar-refractivity contribution is 6.32. The van der Waals surface area contributed by atoms with Gasteiger partial charge in [0.2, 0.25) is 0 Å². The molecule has 0 spiro atoms. The highest BCUT2D eigenvalue weighted by Gasteiger charge is 2.21. The number of ether oxygens (including phenoxy) is 1. The maximum absolute atomic E-state index is 6.11. The van der Waals surface area contributed by atoms with E-state index in [-0.39, 0.29) is 0 Å². The van der Waals surface area contributed by atoms with Crippen LogP contribution < -0.4 is 15.0 Å². The zero-order chi connectivity index (χ0) is 11.5. The van der Waals surface area contributed by atoms with Gasteiger partial charge in [-0.1, -0.05) is 11.6 Å². The van der Waals surface area contributed by atoms with Crippen LogP contribution in [0, 0.1) is 0 Å². The van der Waals surface area contributed by atoms with Crippen LogP contribution >= 0.6 is 11.6 Å². The summed E-state index contributed by atoms with van der Waals surface area (Å²) in [6.07, 6.45) is 1.18. The van der Waals surface area contributed by atoms with E-state index in [0.29, 0.717) is 11.1 Å². The van der Waals surface area contributed by atoms with Gasteiger partial charge in [-0.25, -0.2) is 0 Å². The van der Waals surface area contributed by atoms with Crippen LogP contribution in [-0.4, -0.2) is 33.3 Å². The zero-order valence-corrected chi connectivity index (χ0v) is 10.4. The molecule has 4 heteroatoms. The number of likely N-dealkylation sites (N-methyl/N-ethyl adjacent to an activating group) is 1. The lowest BCUT2D eigenvalue weighted by Gasteiger charge is -2.19. The van der Waals surface area contributed by atoms with Crippen molar-refractivity contribution in [3.8, 4) is 5.75 Å². The van der Waals surface area contributed by atoms with Crippen molar-refractivity contribution >= 4 is 17.3 Å². The quantitative estimate of drug-likeness (QED) is 0.876. The van der Waals surface area contributed by atoms with E-state index in [9.17, 15) is 0 Å². The minimum Gasteiger partial charge on any atom is -0.495 e. The van der Waals surface area contributed by atoms with Gasteiger partial charge in [0.1, 0.15) is 5.75 Å². The van der Waals surface area contributed by atoms with Gasteiger partial charge in [0, 0.05) is 24.8 Å². The second-order valence-electron chi connectivity index (χ2n) is 4.04. The van der Waals surface area contributed by atoms with E-state index in [1.807, 2.05) is 19.2 Å². The summed E-state index contributed by atoms with van der Waals surface area (Å²) in [6, 6.07) is 6.53. The molecule has 0 radical (unpaired) electrons. The lowest BCUT2D eigenvalue weighted by atomic mass is 10.2. The summed E-state index contributed by atoms with van der Waals surface area (Å²) in [7, 11) is 3.64. The first-order chi connectivity index (χ1) is 7.74. The van der Waals surface area contributed by atoms with Gasteiger partial charge < -0.3 is 15.0 Å². The SMILES string of the molecule is CNC1CCN(c2ccc(OC)c(Cl)c2)C1. The number of benzene rings is 1. The summed E-state index contributed by atoms with van der Waals surface area (Å²) in [5.41, 5.74) is 1.17. The molecule has 1 aliphatic heterocycles. The molecule has 1 saturated heterocycles. The zero-order valence-electron chi connectivity index (χ0n) is 9.66. The van der Waals surface area contributed by atoms with Crippen LogP contribution in [-0.2, 0) is 0 Å². The molecule has 1 N–H and O–H groups in total. The number of halogens is 1. The molecule has 16 heavy (non-hydrogen) atoms. The molecular formula is C12H17ClN2O. The predicted molar refractivity (Wildman–Crippen MR) is 67.7 cm³/mol. The summed E-state index contributed by atoms with van der Waals surface area (Å²) in [4.78, 5) is 2.34. The average molecular weight is 241 g/mol. The first kappa shape index (κ1) is 11.6. The van der Waals surface area contributed by atoms with E-state index in [2.05, 4.69) is 16.3 Å². The van der Waals surface area contributed by atoms with Gasteiger partial charge in [0.25, 0.3) is 0 Å².